The Morgan fingerprint density at radius 2 is 1.61 bits per heavy atom. The second kappa shape index (κ2) is 20.5. The van der Waals surface area contributed by atoms with Crippen LogP contribution >= 0.6 is 23.2 Å². The molecule has 0 fully saturated rings. The molecule has 0 aliphatic carbocycles. The van der Waals surface area contributed by atoms with E-state index in [9.17, 15) is 23.1 Å². The summed E-state index contributed by atoms with van der Waals surface area (Å²) in [5.74, 6) is -0.158. The molecule has 14 nitrogen and oxygen atoms in total. The molecule has 1 amide bonds. The van der Waals surface area contributed by atoms with E-state index in [0.29, 0.717) is 68.5 Å². The van der Waals surface area contributed by atoms with Crippen molar-refractivity contribution < 1.29 is 42.1 Å². The lowest BCUT2D eigenvalue weighted by Gasteiger charge is -2.37. The fraction of sp³-hybridized carbons (Fsp3) is 0.240. The number of aryl methyl sites for hydroxylation is 1. The molecule has 8 rings (SSSR count). The standard InChI is InChI=1S/C50H45Cl2N5O9S/c1-30-47(17-18-48(55-30)54-19-20-63-2)67(61,62)57-27-38-25-45-44(65-29-46(66-45)36-12-14-39(15-13-36)64-28-33-7-16-40(51)41(52)21-33)24-37(38)23-43(57)49(58)56-42(50(59)60)22-31-3-8-34(9-4-31)35-10-5-32(26-53)6-11-35/h3-18,21,24-25,42-43,46H,19-20,22-23,27-29H2,1-2H3,(H,54,55)(H,56,58)(H,59,60)/t42?,43-,46+/m0/s1. The summed E-state index contributed by atoms with van der Waals surface area (Å²) in [4.78, 5) is 31.5. The van der Waals surface area contributed by atoms with Crippen LogP contribution in [0.4, 0.5) is 5.82 Å². The first-order valence-corrected chi connectivity index (χ1v) is 23.5. The van der Waals surface area contributed by atoms with Crippen LogP contribution in [0.3, 0.4) is 0 Å². The van der Waals surface area contributed by atoms with E-state index in [0.717, 1.165) is 26.6 Å². The summed E-state index contributed by atoms with van der Waals surface area (Å²) in [6, 6.07) is 32.9. The summed E-state index contributed by atoms with van der Waals surface area (Å²) in [7, 11) is -2.86. The quantitative estimate of drug-likeness (QED) is 0.0789. The Bertz CT molecular complexity index is 2950. The molecule has 3 N–H and O–H groups in total. The van der Waals surface area contributed by atoms with Gasteiger partial charge in [0.05, 0.1) is 34.0 Å². The maximum atomic E-state index is 14.8. The number of benzene rings is 5. The molecule has 0 radical (unpaired) electrons. The van der Waals surface area contributed by atoms with Gasteiger partial charge in [0.25, 0.3) is 0 Å². The highest BCUT2D eigenvalue weighted by Crippen LogP contribution is 2.42. The number of hydrogen-bond donors (Lipinski definition) is 3. The van der Waals surface area contributed by atoms with Gasteiger partial charge >= 0.3 is 5.97 Å². The lowest BCUT2D eigenvalue weighted by molar-refractivity contribution is -0.142. The van der Waals surface area contributed by atoms with E-state index in [-0.39, 0.29) is 43.2 Å². The van der Waals surface area contributed by atoms with Crippen LogP contribution in [0, 0.1) is 18.3 Å². The zero-order valence-electron chi connectivity index (χ0n) is 36.4. The maximum absolute atomic E-state index is 14.8. The van der Waals surface area contributed by atoms with Crippen LogP contribution in [0.15, 0.2) is 120 Å². The number of carbonyl (C=O) groups excluding carboxylic acids is 1. The molecule has 1 unspecified atom stereocenters. The average Bonchev–Trinajstić information content (AvgIpc) is 3.33. The summed E-state index contributed by atoms with van der Waals surface area (Å²) in [6.45, 7) is 2.67. The van der Waals surface area contributed by atoms with Crippen molar-refractivity contribution >= 4 is 50.9 Å². The zero-order valence-corrected chi connectivity index (χ0v) is 38.7. The number of aromatic nitrogens is 1. The van der Waals surface area contributed by atoms with Crippen molar-refractivity contribution in [1.82, 2.24) is 14.6 Å². The van der Waals surface area contributed by atoms with Gasteiger partial charge in [0.15, 0.2) is 17.6 Å². The molecular weight excluding hydrogens is 918 g/mol. The molecule has 0 saturated heterocycles. The Hall–Kier alpha value is -6.67. The third kappa shape index (κ3) is 10.8. The number of rotatable bonds is 16. The summed E-state index contributed by atoms with van der Waals surface area (Å²) in [5, 5.41) is 26.2. The van der Waals surface area contributed by atoms with Gasteiger partial charge in [0.2, 0.25) is 15.9 Å². The Morgan fingerprint density at radius 1 is 0.910 bits per heavy atom. The van der Waals surface area contributed by atoms with Crippen molar-refractivity contribution in [3.63, 3.8) is 0 Å². The predicted molar refractivity (Wildman–Crippen MR) is 252 cm³/mol. The Balaban J connectivity index is 1.03. The van der Waals surface area contributed by atoms with Crippen molar-refractivity contribution in [2.45, 2.75) is 56.0 Å². The molecule has 344 valence electrons. The lowest BCUT2D eigenvalue weighted by atomic mass is 9.93. The van der Waals surface area contributed by atoms with Crippen LogP contribution in [0.2, 0.25) is 10.0 Å². The van der Waals surface area contributed by atoms with Crippen molar-refractivity contribution in [3.05, 3.63) is 164 Å². The third-order valence-corrected chi connectivity index (χ3v) is 14.3. The number of halogens is 2. The van der Waals surface area contributed by atoms with E-state index < -0.39 is 40.1 Å². The fourth-order valence-corrected chi connectivity index (χ4v) is 9.99. The van der Waals surface area contributed by atoms with Crippen LogP contribution < -0.4 is 24.8 Å². The minimum absolute atomic E-state index is 0.0698. The predicted octanol–water partition coefficient (Wildman–Crippen LogP) is 8.31. The number of ether oxygens (including phenoxy) is 4. The van der Waals surface area contributed by atoms with E-state index >= 15 is 0 Å². The van der Waals surface area contributed by atoms with Gasteiger partial charge in [-0.2, -0.15) is 9.57 Å². The highest BCUT2D eigenvalue weighted by molar-refractivity contribution is 7.89. The smallest absolute Gasteiger partial charge is 0.326 e. The number of nitriles is 1. The van der Waals surface area contributed by atoms with E-state index in [4.69, 9.17) is 47.4 Å². The number of carboxylic acid groups (broad SMARTS) is 1. The molecular formula is C50H45Cl2N5O9S. The van der Waals surface area contributed by atoms with Crippen LogP contribution in [-0.4, -0.2) is 73.6 Å². The molecule has 6 aromatic rings. The van der Waals surface area contributed by atoms with Crippen molar-refractivity contribution in [2.75, 3.05) is 32.2 Å². The Kier molecular flexibility index (Phi) is 14.3. The van der Waals surface area contributed by atoms with Gasteiger partial charge in [-0.05, 0) is 113 Å². The van der Waals surface area contributed by atoms with Gasteiger partial charge in [-0.15, -0.1) is 0 Å². The molecule has 2 aliphatic rings. The third-order valence-electron chi connectivity index (χ3n) is 11.5. The van der Waals surface area contributed by atoms with E-state index in [1.807, 2.05) is 54.6 Å². The second-order valence-electron chi connectivity index (χ2n) is 16.1. The monoisotopic (exact) mass is 961 g/mol. The van der Waals surface area contributed by atoms with E-state index in [2.05, 4.69) is 21.7 Å². The van der Waals surface area contributed by atoms with Gasteiger partial charge in [-0.1, -0.05) is 77.8 Å². The number of anilines is 1. The summed E-state index contributed by atoms with van der Waals surface area (Å²) in [5.41, 5.74) is 6.03. The average molecular weight is 963 g/mol. The number of carbonyl (C=O) groups is 2. The molecule has 2 aliphatic heterocycles. The highest BCUT2D eigenvalue weighted by atomic mass is 35.5. The van der Waals surface area contributed by atoms with Crippen LogP contribution in [0.5, 0.6) is 17.2 Å². The first kappa shape index (κ1) is 46.8. The molecule has 0 saturated carbocycles. The van der Waals surface area contributed by atoms with Gasteiger partial charge in [-0.25, -0.2) is 18.2 Å². The molecule has 0 bridgehead atoms. The molecule has 3 heterocycles. The van der Waals surface area contributed by atoms with Gasteiger partial charge in [-0.3, -0.25) is 4.79 Å². The number of nitrogens with zero attached hydrogens (tertiary/aromatic N) is 3. The number of amides is 1. The van der Waals surface area contributed by atoms with E-state index in [1.54, 1.807) is 68.6 Å². The van der Waals surface area contributed by atoms with Gasteiger partial charge in [0.1, 0.15) is 41.8 Å². The van der Waals surface area contributed by atoms with Crippen molar-refractivity contribution in [1.29, 1.82) is 5.26 Å². The highest BCUT2D eigenvalue weighted by Gasteiger charge is 2.42. The number of sulfonamides is 1. The van der Waals surface area contributed by atoms with Crippen molar-refractivity contribution in [2.24, 2.45) is 0 Å². The Morgan fingerprint density at radius 3 is 2.28 bits per heavy atom. The number of hydrogen-bond acceptors (Lipinski definition) is 11. The first-order valence-electron chi connectivity index (χ1n) is 21.3. The summed E-state index contributed by atoms with van der Waals surface area (Å²) >= 11 is 12.2. The molecule has 1 aromatic heterocycles. The van der Waals surface area contributed by atoms with Crippen LogP contribution in [-0.2, 0) is 50.3 Å². The van der Waals surface area contributed by atoms with Crippen LogP contribution in [0.25, 0.3) is 11.1 Å². The summed E-state index contributed by atoms with van der Waals surface area (Å²) in [6.07, 6.45) is -0.653. The zero-order chi connectivity index (χ0) is 47.2. The Labute approximate surface area is 398 Å². The maximum Gasteiger partial charge on any atom is 0.326 e. The lowest BCUT2D eigenvalue weighted by Crippen LogP contribution is -2.55. The van der Waals surface area contributed by atoms with Crippen molar-refractivity contribution in [3.8, 4) is 34.4 Å². The molecule has 0 spiro atoms. The largest absolute Gasteiger partial charge is 0.489 e. The van der Waals surface area contributed by atoms with E-state index in [1.165, 1.54) is 6.07 Å². The number of aliphatic carboxylic acids is 1. The normalized spacial score (nSPS) is 16.0. The first-order chi connectivity index (χ1) is 32.3. The molecule has 5 aromatic carbocycles. The fourth-order valence-electron chi connectivity index (χ4n) is 7.94. The number of nitrogens with one attached hydrogen (secondary N) is 2. The number of carboxylic acids is 1. The number of pyridine rings is 1. The molecule has 67 heavy (non-hydrogen) atoms. The SMILES string of the molecule is COCCNc1ccc(S(=O)(=O)N2Cc3cc4c(cc3C[C@H]2C(=O)NC(Cc2ccc(-c3ccc(C#N)cc3)cc2)C(=O)O)OC[C@H](c2ccc(OCc3ccc(Cl)c(Cl)c3)cc2)O4)c(C)n1. The minimum atomic E-state index is -4.43. The van der Waals surface area contributed by atoms with Crippen LogP contribution in [0.1, 0.15) is 45.2 Å². The number of fused-ring (bicyclic) bond motifs is 2. The summed E-state index contributed by atoms with van der Waals surface area (Å²) < 4.78 is 54.4. The molecule has 17 heteroatoms. The molecule has 3 atom stereocenters. The topological polar surface area (TPSA) is 189 Å². The van der Waals surface area contributed by atoms with Gasteiger partial charge < -0.3 is 34.7 Å². The van der Waals surface area contributed by atoms with Gasteiger partial charge in [0, 0.05) is 26.6 Å². The number of methoxy groups -OCH3 is 1. The second-order valence-corrected chi connectivity index (χ2v) is 18.7. The minimum Gasteiger partial charge on any atom is -0.489 e.